The summed E-state index contributed by atoms with van der Waals surface area (Å²) < 4.78 is 10.3. The van der Waals surface area contributed by atoms with Crippen molar-refractivity contribution in [3.63, 3.8) is 0 Å². The van der Waals surface area contributed by atoms with Crippen LogP contribution in [0.1, 0.15) is 10.4 Å². The smallest absolute Gasteiger partial charge is 0.407 e. The minimum absolute atomic E-state index is 0.240. The molecule has 1 aliphatic heterocycles. The maximum absolute atomic E-state index is 10.7. The summed E-state index contributed by atoms with van der Waals surface area (Å²) in [6.07, 6.45) is -0.00156. The summed E-state index contributed by atoms with van der Waals surface area (Å²) >= 11 is 0. The number of cyclic esters (lactones) is 1. The molecule has 1 fully saturated rings. The molecule has 1 aromatic rings. The van der Waals surface area contributed by atoms with Crippen molar-refractivity contribution in [3.05, 3.63) is 29.8 Å². The van der Waals surface area contributed by atoms with E-state index in [0.717, 1.165) is 6.29 Å². The van der Waals surface area contributed by atoms with E-state index < -0.39 is 6.09 Å². The molecular formula is C11H11NO4. The highest BCUT2D eigenvalue weighted by molar-refractivity contribution is 5.79. The topological polar surface area (TPSA) is 64.6 Å². The molecule has 0 saturated carbocycles. The van der Waals surface area contributed by atoms with Gasteiger partial charge in [0, 0.05) is 0 Å². The Bertz CT molecular complexity index is 405. The Labute approximate surface area is 92.4 Å². The largest absolute Gasteiger partial charge is 0.489 e. The molecule has 1 aliphatic rings. The van der Waals surface area contributed by atoms with Crippen LogP contribution in [0.5, 0.6) is 5.75 Å². The minimum Gasteiger partial charge on any atom is -0.489 e. The van der Waals surface area contributed by atoms with Gasteiger partial charge in [-0.05, 0) is 12.1 Å². The summed E-state index contributed by atoms with van der Waals surface area (Å²) in [5.74, 6) is 0.500. The van der Waals surface area contributed by atoms with E-state index in [-0.39, 0.29) is 12.7 Å². The van der Waals surface area contributed by atoms with Gasteiger partial charge in [0.15, 0.2) is 12.4 Å². The van der Waals surface area contributed by atoms with Crippen LogP contribution in [0.25, 0.3) is 0 Å². The summed E-state index contributed by atoms with van der Waals surface area (Å²) in [5.41, 5.74) is 0.486. The number of carbonyl (C=O) groups excluding carboxylic acids is 2. The first kappa shape index (κ1) is 10.5. The fraction of sp³-hybridized carbons (Fsp3) is 0.273. The predicted octanol–water partition coefficient (Wildman–Crippen LogP) is 0.986. The Kier molecular flexibility index (Phi) is 3.05. The molecule has 1 heterocycles. The average Bonchev–Trinajstić information content (AvgIpc) is 2.73. The van der Waals surface area contributed by atoms with Crippen molar-refractivity contribution < 1.29 is 19.1 Å². The maximum atomic E-state index is 10.7. The molecule has 16 heavy (non-hydrogen) atoms. The van der Waals surface area contributed by atoms with Crippen LogP contribution >= 0.6 is 0 Å². The molecule has 0 aliphatic carbocycles. The molecule has 1 aromatic carbocycles. The summed E-state index contributed by atoms with van der Waals surface area (Å²) in [5, 5.41) is 2.52. The van der Waals surface area contributed by atoms with Crippen molar-refractivity contribution in [2.24, 2.45) is 0 Å². The van der Waals surface area contributed by atoms with Crippen molar-refractivity contribution >= 4 is 12.4 Å². The zero-order chi connectivity index (χ0) is 11.4. The van der Waals surface area contributed by atoms with Gasteiger partial charge in [-0.15, -0.1) is 0 Å². The standard InChI is InChI=1S/C11H11NO4/c13-6-8-3-1-2-4-10(8)15-7-9-5-12-11(14)16-9/h1-4,6,9H,5,7H2,(H,12,14). The number of aldehydes is 1. The second-order valence-corrected chi connectivity index (χ2v) is 3.37. The predicted molar refractivity (Wildman–Crippen MR) is 55.6 cm³/mol. The lowest BCUT2D eigenvalue weighted by molar-refractivity contribution is 0.102. The van der Waals surface area contributed by atoms with Gasteiger partial charge in [-0.1, -0.05) is 12.1 Å². The van der Waals surface area contributed by atoms with Crippen LogP contribution in [0.3, 0.4) is 0 Å². The Morgan fingerprint density at radius 3 is 3.00 bits per heavy atom. The highest BCUT2D eigenvalue weighted by Crippen LogP contribution is 2.16. The number of benzene rings is 1. The number of alkyl carbamates (subject to hydrolysis) is 1. The second kappa shape index (κ2) is 4.65. The lowest BCUT2D eigenvalue weighted by Gasteiger charge is -2.11. The van der Waals surface area contributed by atoms with Crippen LogP contribution in [0, 0.1) is 0 Å². The molecule has 1 atom stereocenters. The van der Waals surface area contributed by atoms with Gasteiger partial charge in [0.2, 0.25) is 0 Å². The SMILES string of the molecule is O=Cc1ccccc1OCC1CNC(=O)O1. The van der Waals surface area contributed by atoms with Crippen LogP contribution < -0.4 is 10.1 Å². The normalized spacial score (nSPS) is 18.8. The Hall–Kier alpha value is -2.04. The number of amides is 1. The Balaban J connectivity index is 1.94. The lowest BCUT2D eigenvalue weighted by atomic mass is 10.2. The fourth-order valence-electron chi connectivity index (χ4n) is 1.42. The van der Waals surface area contributed by atoms with Crippen LogP contribution in [0.15, 0.2) is 24.3 Å². The first-order valence-electron chi connectivity index (χ1n) is 4.91. The van der Waals surface area contributed by atoms with Crippen molar-refractivity contribution in [1.29, 1.82) is 0 Å². The van der Waals surface area contributed by atoms with E-state index >= 15 is 0 Å². The van der Waals surface area contributed by atoms with Gasteiger partial charge in [-0.2, -0.15) is 0 Å². The molecule has 2 rings (SSSR count). The van der Waals surface area contributed by atoms with E-state index in [0.29, 0.717) is 17.9 Å². The molecule has 0 aromatic heterocycles. The van der Waals surface area contributed by atoms with E-state index in [2.05, 4.69) is 5.32 Å². The number of rotatable bonds is 4. The second-order valence-electron chi connectivity index (χ2n) is 3.37. The van der Waals surface area contributed by atoms with Gasteiger partial charge in [0.25, 0.3) is 0 Å². The number of carbonyl (C=O) groups is 2. The Morgan fingerprint density at radius 2 is 2.31 bits per heavy atom. The van der Waals surface area contributed by atoms with Gasteiger partial charge in [0.1, 0.15) is 12.4 Å². The zero-order valence-electron chi connectivity index (χ0n) is 8.51. The van der Waals surface area contributed by atoms with Gasteiger partial charge in [-0.3, -0.25) is 4.79 Å². The third-order valence-electron chi connectivity index (χ3n) is 2.22. The van der Waals surface area contributed by atoms with E-state index in [9.17, 15) is 9.59 Å². The monoisotopic (exact) mass is 221 g/mol. The molecular weight excluding hydrogens is 210 g/mol. The summed E-state index contributed by atoms with van der Waals surface area (Å²) in [7, 11) is 0. The van der Waals surface area contributed by atoms with E-state index in [4.69, 9.17) is 9.47 Å². The molecule has 0 bridgehead atoms. The lowest BCUT2D eigenvalue weighted by Crippen LogP contribution is -2.22. The number of nitrogens with one attached hydrogen (secondary N) is 1. The van der Waals surface area contributed by atoms with Crippen LogP contribution in [0.4, 0.5) is 4.79 Å². The molecule has 1 unspecified atom stereocenters. The van der Waals surface area contributed by atoms with E-state index in [1.165, 1.54) is 0 Å². The third-order valence-corrected chi connectivity index (χ3v) is 2.22. The van der Waals surface area contributed by atoms with Gasteiger partial charge in [-0.25, -0.2) is 4.79 Å². The number of hydrogen-bond acceptors (Lipinski definition) is 4. The van der Waals surface area contributed by atoms with Crippen LogP contribution in [0.2, 0.25) is 0 Å². The average molecular weight is 221 g/mol. The van der Waals surface area contributed by atoms with Crippen molar-refractivity contribution in [2.45, 2.75) is 6.10 Å². The first-order valence-corrected chi connectivity index (χ1v) is 4.91. The maximum Gasteiger partial charge on any atom is 0.407 e. The fourth-order valence-corrected chi connectivity index (χ4v) is 1.42. The number of hydrogen-bond donors (Lipinski definition) is 1. The summed E-state index contributed by atoms with van der Waals surface area (Å²) in [4.78, 5) is 21.4. The van der Waals surface area contributed by atoms with E-state index in [1.54, 1.807) is 24.3 Å². The number of ether oxygens (including phenoxy) is 2. The molecule has 1 amide bonds. The molecule has 84 valence electrons. The first-order chi connectivity index (χ1) is 7.79. The quantitative estimate of drug-likeness (QED) is 0.770. The number of para-hydroxylation sites is 1. The molecule has 0 spiro atoms. The minimum atomic E-state index is -0.433. The van der Waals surface area contributed by atoms with Crippen LogP contribution in [-0.4, -0.2) is 31.6 Å². The van der Waals surface area contributed by atoms with E-state index in [1.807, 2.05) is 0 Å². The van der Waals surface area contributed by atoms with Crippen molar-refractivity contribution in [3.8, 4) is 5.75 Å². The molecule has 1 N–H and O–H groups in total. The van der Waals surface area contributed by atoms with Crippen molar-refractivity contribution in [2.75, 3.05) is 13.2 Å². The molecule has 5 nitrogen and oxygen atoms in total. The van der Waals surface area contributed by atoms with Crippen LogP contribution in [-0.2, 0) is 4.74 Å². The molecule has 0 radical (unpaired) electrons. The van der Waals surface area contributed by atoms with Crippen molar-refractivity contribution in [1.82, 2.24) is 5.32 Å². The highest BCUT2D eigenvalue weighted by Gasteiger charge is 2.23. The van der Waals surface area contributed by atoms with Gasteiger partial charge < -0.3 is 14.8 Å². The van der Waals surface area contributed by atoms with Gasteiger partial charge in [0.05, 0.1) is 12.1 Å². The van der Waals surface area contributed by atoms with Gasteiger partial charge >= 0.3 is 6.09 Å². The zero-order valence-corrected chi connectivity index (χ0v) is 8.51. The molecule has 1 saturated heterocycles. The summed E-state index contributed by atoms with van der Waals surface area (Å²) in [6.45, 7) is 0.672. The summed E-state index contributed by atoms with van der Waals surface area (Å²) in [6, 6.07) is 6.91. The third kappa shape index (κ3) is 2.31. The molecule has 5 heteroatoms. The Morgan fingerprint density at radius 1 is 1.50 bits per heavy atom. The highest BCUT2D eigenvalue weighted by atomic mass is 16.6.